The molecule has 0 bridgehead atoms. The van der Waals surface area contributed by atoms with Gasteiger partial charge in [-0.25, -0.2) is 4.98 Å². The van der Waals surface area contributed by atoms with Crippen LogP contribution in [0, 0.1) is 0 Å². The zero-order chi connectivity index (χ0) is 22.1. The van der Waals surface area contributed by atoms with E-state index in [0.717, 1.165) is 55.3 Å². The van der Waals surface area contributed by atoms with Crippen LogP contribution in [0.25, 0.3) is 44.7 Å². The Balaban J connectivity index is 1.65. The summed E-state index contributed by atoms with van der Waals surface area (Å²) in [6, 6.07) is 23.9. The van der Waals surface area contributed by atoms with Crippen molar-refractivity contribution in [3.05, 3.63) is 85.2 Å². The van der Waals surface area contributed by atoms with Crippen LogP contribution in [0.3, 0.4) is 0 Å². The molecule has 0 fully saturated rings. The molecule has 5 nitrogen and oxygen atoms in total. The zero-order valence-corrected chi connectivity index (χ0v) is 18.5. The lowest BCUT2D eigenvalue weighted by Crippen LogP contribution is -1.87. The highest BCUT2D eigenvalue weighted by Gasteiger charge is 2.16. The normalized spacial score (nSPS) is 12.1. The maximum Gasteiger partial charge on any atom is 0.138 e. The first-order valence-electron chi connectivity index (χ1n) is 10.1. The van der Waals surface area contributed by atoms with Gasteiger partial charge in [-0.3, -0.25) is 9.19 Å². The molecule has 0 aliphatic carbocycles. The number of aromatic nitrogens is 3. The number of fused-ring (bicyclic) bond motifs is 1. The largest absolute Gasteiger partial charge is 0.497 e. The lowest BCUT2D eigenvalue weighted by molar-refractivity contribution is 0.415. The maximum absolute atomic E-state index is 11.7. The summed E-state index contributed by atoms with van der Waals surface area (Å²) >= 11 is 0. The average Bonchev–Trinajstić information content (AvgIpc) is 3.29. The van der Waals surface area contributed by atoms with Crippen LogP contribution in [0.2, 0.25) is 0 Å². The fourth-order valence-corrected chi connectivity index (χ4v) is 4.27. The van der Waals surface area contributed by atoms with Gasteiger partial charge in [-0.1, -0.05) is 30.3 Å². The van der Waals surface area contributed by atoms with Gasteiger partial charge < -0.3 is 9.72 Å². The van der Waals surface area contributed by atoms with Gasteiger partial charge in [0.1, 0.15) is 11.6 Å². The zero-order valence-electron chi connectivity index (χ0n) is 17.7. The molecule has 0 saturated carbocycles. The Bertz CT molecular complexity index is 1430. The van der Waals surface area contributed by atoms with Crippen molar-refractivity contribution in [2.24, 2.45) is 0 Å². The number of hydrogen-bond donors (Lipinski definition) is 1. The molecule has 0 spiro atoms. The minimum atomic E-state index is -1.01. The third kappa shape index (κ3) is 3.81. The van der Waals surface area contributed by atoms with Crippen molar-refractivity contribution in [2.75, 3.05) is 13.4 Å². The standard InChI is InChI=1S/C26H21N3O2S/c1-31-22-8-5-19-15-21(4-3-20(19)16-22)25-24(17-11-13-27-14-12-17)28-26(29-25)18-6-9-23(10-7-18)32(2)30/h3-16H,1-2H3,(H,28,29)/t32-/m0/s1. The van der Waals surface area contributed by atoms with E-state index in [1.165, 1.54) is 0 Å². The highest BCUT2D eigenvalue weighted by atomic mass is 32.2. The van der Waals surface area contributed by atoms with E-state index in [1.54, 1.807) is 25.8 Å². The highest BCUT2D eigenvalue weighted by molar-refractivity contribution is 7.84. The van der Waals surface area contributed by atoms with E-state index in [9.17, 15) is 4.21 Å². The van der Waals surface area contributed by atoms with Crippen LogP contribution in [-0.4, -0.2) is 32.5 Å². The fourth-order valence-electron chi connectivity index (χ4n) is 3.75. The third-order valence-corrected chi connectivity index (χ3v) is 6.39. The number of methoxy groups -OCH3 is 1. The van der Waals surface area contributed by atoms with Gasteiger partial charge in [-0.15, -0.1) is 0 Å². The summed E-state index contributed by atoms with van der Waals surface area (Å²) in [5.74, 6) is 1.59. The number of rotatable bonds is 5. The van der Waals surface area contributed by atoms with Crippen molar-refractivity contribution in [3.8, 4) is 39.7 Å². The summed E-state index contributed by atoms with van der Waals surface area (Å²) in [4.78, 5) is 13.4. The number of pyridine rings is 1. The monoisotopic (exact) mass is 439 g/mol. The molecule has 6 heteroatoms. The van der Waals surface area contributed by atoms with Crippen LogP contribution in [0.15, 0.2) is 90.1 Å². The van der Waals surface area contributed by atoms with Crippen LogP contribution in [0.1, 0.15) is 0 Å². The quantitative estimate of drug-likeness (QED) is 0.381. The minimum absolute atomic E-state index is 0.759. The lowest BCUT2D eigenvalue weighted by Gasteiger charge is -2.06. The van der Waals surface area contributed by atoms with Crippen molar-refractivity contribution >= 4 is 21.6 Å². The molecule has 1 N–H and O–H groups in total. The number of imidazole rings is 1. The Hall–Kier alpha value is -3.77. The van der Waals surface area contributed by atoms with E-state index in [2.05, 4.69) is 34.2 Å². The van der Waals surface area contributed by atoms with E-state index in [4.69, 9.17) is 9.72 Å². The first-order valence-corrected chi connectivity index (χ1v) is 11.7. The van der Waals surface area contributed by atoms with Gasteiger partial charge in [-0.05, 0) is 53.2 Å². The number of hydrogen-bond acceptors (Lipinski definition) is 4. The Labute approximate surface area is 188 Å². The van der Waals surface area contributed by atoms with Gasteiger partial charge >= 0.3 is 0 Å². The molecule has 0 radical (unpaired) electrons. The summed E-state index contributed by atoms with van der Waals surface area (Å²) in [6.07, 6.45) is 5.23. The number of nitrogens with zero attached hydrogens (tertiary/aromatic N) is 2. The van der Waals surface area contributed by atoms with E-state index in [1.807, 2.05) is 48.5 Å². The number of ether oxygens (including phenoxy) is 1. The minimum Gasteiger partial charge on any atom is -0.497 e. The van der Waals surface area contributed by atoms with Gasteiger partial charge in [0.25, 0.3) is 0 Å². The molecule has 0 unspecified atom stereocenters. The number of benzene rings is 3. The molecule has 0 aliphatic heterocycles. The molecule has 0 aliphatic rings. The Morgan fingerprint density at radius 3 is 2.22 bits per heavy atom. The van der Waals surface area contributed by atoms with E-state index in [-0.39, 0.29) is 0 Å². The molecule has 3 aromatic carbocycles. The summed E-state index contributed by atoms with van der Waals surface area (Å²) in [5, 5.41) is 2.22. The van der Waals surface area contributed by atoms with E-state index < -0.39 is 10.8 Å². The molecular formula is C26H21N3O2S. The van der Waals surface area contributed by atoms with Crippen LogP contribution >= 0.6 is 0 Å². The molecule has 2 heterocycles. The smallest absolute Gasteiger partial charge is 0.138 e. The lowest BCUT2D eigenvalue weighted by atomic mass is 10.0. The Morgan fingerprint density at radius 1 is 0.812 bits per heavy atom. The van der Waals surface area contributed by atoms with Crippen molar-refractivity contribution in [1.82, 2.24) is 15.0 Å². The molecule has 0 saturated heterocycles. The molecule has 2 aromatic heterocycles. The Morgan fingerprint density at radius 2 is 1.50 bits per heavy atom. The summed E-state index contributed by atoms with van der Waals surface area (Å²) in [6.45, 7) is 0. The second-order valence-corrected chi connectivity index (χ2v) is 8.83. The molecule has 5 aromatic rings. The topological polar surface area (TPSA) is 67.9 Å². The summed E-state index contributed by atoms with van der Waals surface area (Å²) in [7, 11) is 0.658. The predicted octanol–water partition coefficient (Wildman–Crippen LogP) is 5.70. The van der Waals surface area contributed by atoms with Crippen LogP contribution in [0.5, 0.6) is 5.75 Å². The number of H-pyrrole nitrogens is 1. The third-order valence-electron chi connectivity index (χ3n) is 5.45. The second kappa shape index (κ2) is 8.40. The molecule has 0 amide bonds. The fraction of sp³-hybridized carbons (Fsp3) is 0.0769. The first-order chi connectivity index (χ1) is 15.6. The van der Waals surface area contributed by atoms with Crippen LogP contribution in [-0.2, 0) is 10.8 Å². The van der Waals surface area contributed by atoms with Crippen molar-refractivity contribution in [3.63, 3.8) is 0 Å². The predicted molar refractivity (Wildman–Crippen MR) is 129 cm³/mol. The molecule has 32 heavy (non-hydrogen) atoms. The van der Waals surface area contributed by atoms with Gasteiger partial charge in [0.2, 0.25) is 0 Å². The second-order valence-electron chi connectivity index (χ2n) is 7.45. The van der Waals surface area contributed by atoms with Crippen molar-refractivity contribution < 1.29 is 8.95 Å². The maximum atomic E-state index is 11.7. The number of aromatic amines is 1. The van der Waals surface area contributed by atoms with Gasteiger partial charge in [-0.2, -0.15) is 0 Å². The SMILES string of the molecule is COc1ccc2cc(-c3nc(-c4ccc([S@](C)=O)cc4)[nH]c3-c3ccncc3)ccc2c1. The number of nitrogens with one attached hydrogen (secondary N) is 1. The van der Waals surface area contributed by atoms with Crippen molar-refractivity contribution in [2.45, 2.75) is 4.90 Å². The average molecular weight is 440 g/mol. The summed E-state index contributed by atoms with van der Waals surface area (Å²) in [5.41, 5.74) is 4.76. The van der Waals surface area contributed by atoms with Gasteiger partial charge in [0, 0.05) is 51.0 Å². The Kier molecular flexibility index (Phi) is 5.29. The van der Waals surface area contributed by atoms with E-state index >= 15 is 0 Å². The molecule has 1 atom stereocenters. The molecular weight excluding hydrogens is 418 g/mol. The highest BCUT2D eigenvalue weighted by Crippen LogP contribution is 2.35. The van der Waals surface area contributed by atoms with E-state index in [0.29, 0.717) is 0 Å². The summed E-state index contributed by atoms with van der Waals surface area (Å²) < 4.78 is 17.1. The van der Waals surface area contributed by atoms with Crippen LogP contribution in [0.4, 0.5) is 0 Å². The van der Waals surface area contributed by atoms with Crippen molar-refractivity contribution in [1.29, 1.82) is 0 Å². The van der Waals surface area contributed by atoms with Gasteiger partial charge in [0.05, 0.1) is 18.5 Å². The van der Waals surface area contributed by atoms with Crippen LogP contribution < -0.4 is 4.74 Å². The first kappa shape index (κ1) is 20.2. The molecule has 158 valence electrons. The van der Waals surface area contributed by atoms with Gasteiger partial charge in [0.15, 0.2) is 0 Å². The molecule has 5 rings (SSSR count).